The van der Waals surface area contributed by atoms with Crippen molar-refractivity contribution < 1.29 is 4.74 Å². The Morgan fingerprint density at radius 2 is 1.06 bits per heavy atom. The Kier molecular flexibility index (Phi) is 5.74. The fourth-order valence-electron chi connectivity index (χ4n) is 4.07. The van der Waals surface area contributed by atoms with Gasteiger partial charge in [0.2, 0.25) is 0 Å². The second-order valence-electron chi connectivity index (χ2n) is 8.18. The molecule has 4 aromatic rings. The lowest BCUT2D eigenvalue weighted by Gasteiger charge is -2.10. The van der Waals surface area contributed by atoms with Crippen LogP contribution in [-0.2, 0) is 12.8 Å². The van der Waals surface area contributed by atoms with Gasteiger partial charge in [0.15, 0.2) is 0 Å². The van der Waals surface area contributed by atoms with Crippen molar-refractivity contribution in [3.8, 4) is 34.0 Å². The molecule has 0 saturated carbocycles. The Morgan fingerprint density at radius 3 is 1.52 bits per heavy atom. The van der Waals surface area contributed by atoms with Crippen LogP contribution in [0.1, 0.15) is 36.8 Å². The summed E-state index contributed by atoms with van der Waals surface area (Å²) in [6.45, 7) is 0. The average molecular weight is 407 g/mol. The van der Waals surface area contributed by atoms with E-state index in [4.69, 9.17) is 14.7 Å². The number of hydrogen-bond donors (Lipinski definition) is 0. The maximum atomic E-state index is 6.18. The highest BCUT2D eigenvalue weighted by Crippen LogP contribution is 2.29. The van der Waals surface area contributed by atoms with Gasteiger partial charge < -0.3 is 4.74 Å². The van der Waals surface area contributed by atoms with Crippen LogP contribution in [-0.4, -0.2) is 9.97 Å². The molecule has 154 valence electrons. The lowest BCUT2D eigenvalue weighted by molar-refractivity contribution is 0.483. The fourth-order valence-corrected chi connectivity index (χ4v) is 4.07. The average Bonchev–Trinajstić information content (AvgIpc) is 2.82. The maximum Gasteiger partial charge on any atom is 0.128 e. The van der Waals surface area contributed by atoms with Gasteiger partial charge in [0.1, 0.15) is 11.5 Å². The van der Waals surface area contributed by atoms with Crippen LogP contribution in [0.4, 0.5) is 0 Å². The molecule has 0 N–H and O–H groups in total. The van der Waals surface area contributed by atoms with Gasteiger partial charge in [-0.1, -0.05) is 49.2 Å². The number of hydrogen-bond acceptors (Lipinski definition) is 3. The lowest BCUT2D eigenvalue weighted by atomic mass is 10.0. The maximum absolute atomic E-state index is 6.18. The first-order valence-electron chi connectivity index (χ1n) is 11.1. The van der Waals surface area contributed by atoms with E-state index in [-0.39, 0.29) is 0 Å². The summed E-state index contributed by atoms with van der Waals surface area (Å²) in [7, 11) is 0. The predicted molar refractivity (Wildman–Crippen MR) is 125 cm³/mol. The molecule has 0 atom stereocenters. The first kappa shape index (κ1) is 19.5. The van der Waals surface area contributed by atoms with E-state index in [0.29, 0.717) is 0 Å². The monoisotopic (exact) mass is 406 g/mol. The van der Waals surface area contributed by atoms with Crippen molar-refractivity contribution in [2.24, 2.45) is 0 Å². The zero-order valence-electron chi connectivity index (χ0n) is 17.6. The van der Waals surface area contributed by atoms with Crippen LogP contribution in [0.15, 0.2) is 85.2 Å². The second-order valence-corrected chi connectivity index (χ2v) is 8.18. The number of pyridine rings is 2. The van der Waals surface area contributed by atoms with E-state index < -0.39 is 0 Å². The largest absolute Gasteiger partial charge is 0.457 e. The molecule has 31 heavy (non-hydrogen) atoms. The Labute approximate surface area is 183 Å². The SMILES string of the molecule is c1cc2cc(c1)-c1ccc(cn1)CCCCCCc1ccc(nc1)-c1cccc(c1)O2. The van der Waals surface area contributed by atoms with E-state index in [1.807, 2.05) is 48.8 Å². The molecule has 3 nitrogen and oxygen atoms in total. The van der Waals surface area contributed by atoms with Gasteiger partial charge in [0, 0.05) is 23.5 Å². The van der Waals surface area contributed by atoms with Gasteiger partial charge in [0.25, 0.3) is 0 Å². The number of rotatable bonds is 0. The lowest BCUT2D eigenvalue weighted by Crippen LogP contribution is -1.91. The molecule has 8 bridgehead atoms. The molecule has 4 aliphatic heterocycles. The van der Waals surface area contributed by atoms with E-state index in [1.54, 1.807) is 0 Å². The quantitative estimate of drug-likeness (QED) is 0.308. The minimum absolute atomic E-state index is 0.801. The molecule has 4 aliphatic rings. The Balaban J connectivity index is 1.48. The molecule has 6 heterocycles. The van der Waals surface area contributed by atoms with Gasteiger partial charge in [-0.05, 0) is 73.2 Å². The third-order valence-electron chi connectivity index (χ3n) is 5.83. The van der Waals surface area contributed by atoms with Crippen LogP contribution in [0, 0.1) is 0 Å². The second kappa shape index (κ2) is 9.13. The first-order valence-corrected chi connectivity index (χ1v) is 11.1. The van der Waals surface area contributed by atoms with Crippen molar-refractivity contribution in [1.82, 2.24) is 9.97 Å². The summed E-state index contributed by atoms with van der Waals surface area (Å²) < 4.78 is 6.18. The molecule has 2 aromatic heterocycles. The topological polar surface area (TPSA) is 35.0 Å². The van der Waals surface area contributed by atoms with E-state index in [1.165, 1.54) is 36.8 Å². The third kappa shape index (κ3) is 4.83. The summed E-state index contributed by atoms with van der Waals surface area (Å²) in [6, 6.07) is 24.9. The van der Waals surface area contributed by atoms with Gasteiger partial charge in [-0.25, -0.2) is 0 Å². The summed E-state index contributed by atoms with van der Waals surface area (Å²) in [4.78, 5) is 9.40. The van der Waals surface area contributed by atoms with Gasteiger partial charge in [0.05, 0.1) is 11.4 Å². The Hall–Kier alpha value is -3.46. The highest BCUT2D eigenvalue weighted by Gasteiger charge is 2.06. The van der Waals surface area contributed by atoms with Crippen molar-refractivity contribution in [2.45, 2.75) is 38.5 Å². The molecular formula is C28H26N2O. The van der Waals surface area contributed by atoms with Crippen LogP contribution < -0.4 is 4.74 Å². The fraction of sp³-hybridized carbons (Fsp3) is 0.214. The van der Waals surface area contributed by atoms with E-state index in [9.17, 15) is 0 Å². The van der Waals surface area contributed by atoms with Crippen molar-refractivity contribution in [1.29, 1.82) is 0 Å². The standard InChI is InChI=1S/C28H26N2O/c1-2-4-8-22-14-16-28(30-20-22)24-10-6-12-26(18-24)31-25-11-5-9-23(17-25)27-15-13-21(7-3-1)19-29-27/h5-6,9-20H,1-4,7-8H2. The highest BCUT2D eigenvalue weighted by atomic mass is 16.5. The molecule has 0 aliphatic carbocycles. The minimum atomic E-state index is 0.801. The molecule has 3 heteroatoms. The molecule has 8 rings (SSSR count). The smallest absolute Gasteiger partial charge is 0.128 e. The van der Waals surface area contributed by atoms with Crippen molar-refractivity contribution in [3.05, 3.63) is 96.3 Å². The summed E-state index contributed by atoms with van der Waals surface area (Å²) in [5, 5.41) is 0. The molecule has 2 aromatic carbocycles. The summed E-state index contributed by atoms with van der Waals surface area (Å²) in [6.07, 6.45) is 11.1. The van der Waals surface area contributed by atoms with Crippen molar-refractivity contribution >= 4 is 0 Å². The number of aryl methyl sites for hydroxylation is 2. The minimum Gasteiger partial charge on any atom is -0.457 e. The summed E-state index contributed by atoms with van der Waals surface area (Å²) in [5.41, 5.74) is 6.67. The van der Waals surface area contributed by atoms with Gasteiger partial charge >= 0.3 is 0 Å². The Morgan fingerprint density at radius 1 is 0.548 bits per heavy atom. The van der Waals surface area contributed by atoms with Crippen LogP contribution in [0.25, 0.3) is 22.5 Å². The number of ether oxygens (including phenoxy) is 1. The molecule has 0 fully saturated rings. The van der Waals surface area contributed by atoms with Gasteiger partial charge in [-0.3, -0.25) is 9.97 Å². The predicted octanol–water partition coefficient (Wildman–Crippen LogP) is 7.26. The van der Waals surface area contributed by atoms with Crippen LogP contribution in [0.3, 0.4) is 0 Å². The molecule has 0 unspecified atom stereocenters. The molecule has 0 saturated heterocycles. The number of aromatic nitrogens is 2. The Bertz CT molecular complexity index is 1060. The van der Waals surface area contributed by atoms with Gasteiger partial charge in [-0.2, -0.15) is 0 Å². The zero-order chi connectivity index (χ0) is 20.9. The normalized spacial score (nSPS) is 13.9. The zero-order valence-corrected chi connectivity index (χ0v) is 17.6. The molecular weight excluding hydrogens is 380 g/mol. The van der Waals surface area contributed by atoms with Crippen molar-refractivity contribution in [2.75, 3.05) is 0 Å². The molecule has 0 spiro atoms. The summed E-state index contributed by atoms with van der Waals surface area (Å²) >= 11 is 0. The third-order valence-corrected chi connectivity index (χ3v) is 5.83. The van der Waals surface area contributed by atoms with Crippen LogP contribution >= 0.6 is 0 Å². The van der Waals surface area contributed by atoms with E-state index >= 15 is 0 Å². The number of nitrogens with zero attached hydrogens (tertiary/aromatic N) is 2. The van der Waals surface area contributed by atoms with Crippen LogP contribution in [0.5, 0.6) is 11.5 Å². The highest BCUT2D eigenvalue weighted by molar-refractivity contribution is 5.63. The first-order chi connectivity index (χ1) is 15.3. The van der Waals surface area contributed by atoms with E-state index in [2.05, 4.69) is 36.4 Å². The van der Waals surface area contributed by atoms with Crippen LogP contribution in [0.2, 0.25) is 0 Å². The summed E-state index contributed by atoms with van der Waals surface area (Å²) in [5.74, 6) is 1.60. The molecule has 0 radical (unpaired) electrons. The van der Waals surface area contributed by atoms with E-state index in [0.717, 1.165) is 46.9 Å². The van der Waals surface area contributed by atoms with Gasteiger partial charge in [-0.15, -0.1) is 0 Å². The molecule has 0 amide bonds. The van der Waals surface area contributed by atoms with Crippen molar-refractivity contribution in [3.63, 3.8) is 0 Å². The number of benzene rings is 2.